The molecule has 0 aliphatic rings. The molecule has 0 fully saturated rings. The topological polar surface area (TPSA) is 71.3 Å². The van der Waals surface area contributed by atoms with E-state index in [0.29, 0.717) is 12.2 Å². The number of nitrogens with one attached hydrogen (secondary N) is 2. The van der Waals surface area contributed by atoms with Crippen LogP contribution in [0, 0.1) is 0 Å². The molecule has 0 saturated carbocycles. The minimum Gasteiger partial charge on any atom is -0.465 e. The van der Waals surface area contributed by atoms with Crippen LogP contribution in [0.25, 0.3) is 0 Å². The Balaban J connectivity index is 1.99. The van der Waals surface area contributed by atoms with E-state index in [4.69, 9.17) is 4.42 Å². The lowest BCUT2D eigenvalue weighted by atomic mass is 10.1. The van der Waals surface area contributed by atoms with Crippen molar-refractivity contribution in [2.45, 2.75) is 32.9 Å². The molecule has 0 unspecified atom stereocenters. The molecule has 0 saturated heterocycles. The summed E-state index contributed by atoms with van der Waals surface area (Å²) in [7, 11) is -3.26. The zero-order chi connectivity index (χ0) is 16.2. The first-order valence-electron chi connectivity index (χ1n) is 7.26. The molecule has 0 aliphatic heterocycles. The summed E-state index contributed by atoms with van der Waals surface area (Å²) in [6, 6.07) is 11.4. The first-order valence-corrected chi connectivity index (χ1v) is 9.15. The highest BCUT2D eigenvalue weighted by molar-refractivity contribution is 7.92. The minimum atomic E-state index is -3.26. The number of hydrogen-bond donors (Lipinski definition) is 2. The monoisotopic (exact) mass is 322 g/mol. The molecule has 2 rings (SSSR count). The Labute approximate surface area is 131 Å². The number of hydrogen-bond acceptors (Lipinski definition) is 4. The summed E-state index contributed by atoms with van der Waals surface area (Å²) in [5.74, 6) is 1.87. The maximum atomic E-state index is 11.3. The van der Waals surface area contributed by atoms with Gasteiger partial charge in [0.05, 0.1) is 12.8 Å². The van der Waals surface area contributed by atoms with Gasteiger partial charge in [-0.3, -0.25) is 4.72 Å². The highest BCUT2D eigenvalue weighted by Gasteiger charge is 2.09. The minimum absolute atomic E-state index is 0.0801. The van der Waals surface area contributed by atoms with Crippen LogP contribution in [-0.2, 0) is 23.0 Å². The highest BCUT2D eigenvalue weighted by atomic mass is 32.2. The molecule has 120 valence electrons. The summed E-state index contributed by atoms with van der Waals surface area (Å²) in [6.45, 7) is 4.72. The Morgan fingerprint density at radius 1 is 1.18 bits per heavy atom. The van der Waals surface area contributed by atoms with Gasteiger partial charge >= 0.3 is 0 Å². The van der Waals surface area contributed by atoms with Gasteiger partial charge in [0.25, 0.3) is 0 Å². The molecular weight excluding hydrogens is 300 g/mol. The Morgan fingerprint density at radius 2 is 1.91 bits per heavy atom. The SMILES string of the molecule is CCc1ccc(CN[C@@H](C)c2cccc(NS(C)(=O)=O)c2)o1. The summed E-state index contributed by atoms with van der Waals surface area (Å²) in [6.07, 6.45) is 2.03. The van der Waals surface area contributed by atoms with Gasteiger partial charge in [-0.2, -0.15) is 0 Å². The quantitative estimate of drug-likeness (QED) is 0.822. The standard InChI is InChI=1S/C16H22N2O3S/c1-4-15-8-9-16(21-15)11-17-12(2)13-6-5-7-14(10-13)18-22(3,19)20/h5-10,12,17-18H,4,11H2,1-3H3/t12-/m0/s1. The molecule has 1 heterocycles. The molecule has 0 amide bonds. The van der Waals surface area contributed by atoms with Gasteiger partial charge in [0.15, 0.2) is 0 Å². The predicted molar refractivity (Wildman–Crippen MR) is 88.2 cm³/mol. The largest absolute Gasteiger partial charge is 0.465 e. The van der Waals surface area contributed by atoms with Crippen LogP contribution in [0.3, 0.4) is 0 Å². The lowest BCUT2D eigenvalue weighted by molar-refractivity contribution is 0.435. The second-order valence-corrected chi connectivity index (χ2v) is 7.07. The molecule has 1 aromatic carbocycles. The summed E-state index contributed by atoms with van der Waals surface area (Å²) in [5, 5.41) is 3.37. The third kappa shape index (κ3) is 4.89. The second-order valence-electron chi connectivity index (χ2n) is 5.32. The van der Waals surface area contributed by atoms with Crippen molar-refractivity contribution in [1.29, 1.82) is 0 Å². The van der Waals surface area contributed by atoms with E-state index in [1.807, 2.05) is 37.3 Å². The molecule has 2 N–H and O–H groups in total. The van der Waals surface area contributed by atoms with E-state index in [-0.39, 0.29) is 6.04 Å². The van der Waals surface area contributed by atoms with Crippen molar-refractivity contribution in [3.05, 3.63) is 53.5 Å². The van der Waals surface area contributed by atoms with Crippen LogP contribution < -0.4 is 10.0 Å². The van der Waals surface area contributed by atoms with Crippen LogP contribution in [0.1, 0.15) is 37.0 Å². The van der Waals surface area contributed by atoms with Crippen molar-refractivity contribution < 1.29 is 12.8 Å². The van der Waals surface area contributed by atoms with E-state index in [0.717, 1.165) is 29.8 Å². The van der Waals surface area contributed by atoms with Crippen molar-refractivity contribution in [2.75, 3.05) is 11.0 Å². The van der Waals surface area contributed by atoms with E-state index >= 15 is 0 Å². The smallest absolute Gasteiger partial charge is 0.229 e. The molecular formula is C16H22N2O3S. The van der Waals surface area contributed by atoms with Crippen molar-refractivity contribution in [1.82, 2.24) is 5.32 Å². The summed E-state index contributed by atoms with van der Waals surface area (Å²) in [4.78, 5) is 0. The molecule has 0 bridgehead atoms. The number of aryl methyl sites for hydroxylation is 1. The fourth-order valence-corrected chi connectivity index (χ4v) is 2.72. The fourth-order valence-electron chi connectivity index (χ4n) is 2.16. The normalized spacial score (nSPS) is 13.0. The zero-order valence-electron chi connectivity index (χ0n) is 13.1. The van der Waals surface area contributed by atoms with Crippen LogP contribution in [0.15, 0.2) is 40.8 Å². The van der Waals surface area contributed by atoms with Gasteiger partial charge in [-0.25, -0.2) is 8.42 Å². The Bertz CT molecular complexity index is 722. The molecule has 5 nitrogen and oxygen atoms in total. The van der Waals surface area contributed by atoms with Crippen LogP contribution in [0.2, 0.25) is 0 Å². The van der Waals surface area contributed by atoms with Crippen LogP contribution in [0.5, 0.6) is 0 Å². The molecule has 0 radical (unpaired) electrons. The van der Waals surface area contributed by atoms with Crippen molar-refractivity contribution in [3.63, 3.8) is 0 Å². The Kier molecular flexibility index (Phi) is 5.26. The number of benzene rings is 1. The lowest BCUT2D eigenvalue weighted by Gasteiger charge is -2.15. The van der Waals surface area contributed by atoms with Gasteiger partial charge in [0, 0.05) is 18.2 Å². The van der Waals surface area contributed by atoms with Crippen molar-refractivity contribution in [3.8, 4) is 0 Å². The number of sulfonamides is 1. The van der Waals surface area contributed by atoms with E-state index in [2.05, 4.69) is 17.0 Å². The third-order valence-electron chi connectivity index (χ3n) is 3.34. The maximum Gasteiger partial charge on any atom is 0.229 e. The van der Waals surface area contributed by atoms with Crippen LogP contribution in [0.4, 0.5) is 5.69 Å². The predicted octanol–water partition coefficient (Wildman–Crippen LogP) is 3.06. The van der Waals surface area contributed by atoms with E-state index in [1.54, 1.807) is 6.07 Å². The zero-order valence-corrected chi connectivity index (χ0v) is 13.9. The number of furan rings is 1. The fraction of sp³-hybridized carbons (Fsp3) is 0.375. The van der Waals surface area contributed by atoms with Gasteiger partial charge in [-0.15, -0.1) is 0 Å². The van der Waals surface area contributed by atoms with Crippen LogP contribution in [-0.4, -0.2) is 14.7 Å². The van der Waals surface area contributed by atoms with E-state index in [9.17, 15) is 8.42 Å². The summed E-state index contributed by atoms with van der Waals surface area (Å²) >= 11 is 0. The first-order chi connectivity index (χ1) is 10.4. The maximum absolute atomic E-state index is 11.3. The molecule has 22 heavy (non-hydrogen) atoms. The van der Waals surface area contributed by atoms with Crippen molar-refractivity contribution in [2.24, 2.45) is 0 Å². The third-order valence-corrected chi connectivity index (χ3v) is 3.94. The Hall–Kier alpha value is -1.79. The highest BCUT2D eigenvalue weighted by Crippen LogP contribution is 2.19. The van der Waals surface area contributed by atoms with Crippen LogP contribution >= 0.6 is 0 Å². The molecule has 0 spiro atoms. The molecule has 1 atom stereocenters. The van der Waals surface area contributed by atoms with Gasteiger partial charge in [0.1, 0.15) is 11.5 Å². The van der Waals surface area contributed by atoms with Gasteiger partial charge in [-0.05, 0) is 36.8 Å². The number of anilines is 1. The van der Waals surface area contributed by atoms with Gasteiger partial charge in [0.2, 0.25) is 10.0 Å². The number of rotatable bonds is 7. The van der Waals surface area contributed by atoms with E-state index < -0.39 is 10.0 Å². The first kappa shape index (κ1) is 16.6. The average molecular weight is 322 g/mol. The molecule has 0 aliphatic carbocycles. The molecule has 1 aromatic heterocycles. The van der Waals surface area contributed by atoms with E-state index in [1.165, 1.54) is 0 Å². The summed E-state index contributed by atoms with van der Waals surface area (Å²) in [5.41, 5.74) is 1.58. The summed E-state index contributed by atoms with van der Waals surface area (Å²) < 4.78 is 30.7. The van der Waals surface area contributed by atoms with Gasteiger partial charge in [-0.1, -0.05) is 19.1 Å². The lowest BCUT2D eigenvalue weighted by Crippen LogP contribution is -2.18. The van der Waals surface area contributed by atoms with Crippen molar-refractivity contribution >= 4 is 15.7 Å². The molecule has 2 aromatic rings. The second kappa shape index (κ2) is 6.98. The Morgan fingerprint density at radius 3 is 2.55 bits per heavy atom. The van der Waals surface area contributed by atoms with Gasteiger partial charge < -0.3 is 9.73 Å². The molecule has 6 heteroatoms. The average Bonchev–Trinajstić information content (AvgIpc) is 2.91.